The standard InChI is InChI=1S/C19H21FN2O6S2/c1-3-28-17-9-8-15(22-19(23)13(2)12-29(22,24)25)10-18(17)30(26,27)21-11-14-6-4-5-7-16(14)20/h4-10,13,21H,3,11-12H2,1-2H3. The molecule has 1 fully saturated rings. The second kappa shape index (κ2) is 8.32. The van der Waals surface area contributed by atoms with Crippen LogP contribution in [0.3, 0.4) is 0 Å². The lowest BCUT2D eigenvalue weighted by atomic mass is 10.2. The van der Waals surface area contributed by atoms with Crippen molar-refractivity contribution < 1.29 is 30.8 Å². The molecule has 1 saturated heterocycles. The van der Waals surface area contributed by atoms with E-state index in [4.69, 9.17) is 4.74 Å². The lowest BCUT2D eigenvalue weighted by Gasteiger charge is -2.18. The molecule has 1 heterocycles. The van der Waals surface area contributed by atoms with E-state index in [1.807, 2.05) is 0 Å². The third-order valence-electron chi connectivity index (χ3n) is 4.52. The Hall–Kier alpha value is -2.50. The molecule has 1 unspecified atom stereocenters. The number of amides is 1. The molecule has 1 amide bonds. The van der Waals surface area contributed by atoms with Crippen LogP contribution in [-0.4, -0.2) is 35.1 Å². The third kappa shape index (κ3) is 4.32. The molecule has 1 aliphatic rings. The Morgan fingerprint density at radius 3 is 2.53 bits per heavy atom. The number of hydrogen-bond donors (Lipinski definition) is 1. The highest BCUT2D eigenvalue weighted by Gasteiger charge is 2.42. The summed E-state index contributed by atoms with van der Waals surface area (Å²) in [5.74, 6) is -2.31. The number of nitrogens with zero attached hydrogens (tertiary/aromatic N) is 1. The van der Waals surface area contributed by atoms with Gasteiger partial charge in [-0.05, 0) is 31.2 Å². The molecule has 0 spiro atoms. The Balaban J connectivity index is 2.01. The first-order chi connectivity index (χ1) is 14.1. The van der Waals surface area contributed by atoms with E-state index in [1.54, 1.807) is 13.0 Å². The van der Waals surface area contributed by atoms with Crippen molar-refractivity contribution >= 4 is 31.6 Å². The molecule has 162 valence electrons. The molecule has 30 heavy (non-hydrogen) atoms. The van der Waals surface area contributed by atoms with Crippen molar-refractivity contribution in [2.45, 2.75) is 25.3 Å². The van der Waals surface area contributed by atoms with Crippen LogP contribution in [0.4, 0.5) is 10.1 Å². The molecule has 8 nitrogen and oxygen atoms in total. The number of nitrogens with one attached hydrogen (secondary N) is 1. The summed E-state index contributed by atoms with van der Waals surface area (Å²) in [5, 5.41) is 0. The molecule has 1 atom stereocenters. The highest BCUT2D eigenvalue weighted by atomic mass is 32.2. The van der Waals surface area contributed by atoms with E-state index in [9.17, 15) is 26.0 Å². The number of anilines is 1. The first-order valence-corrected chi connectivity index (χ1v) is 12.2. The van der Waals surface area contributed by atoms with Gasteiger partial charge in [0, 0.05) is 12.1 Å². The number of ether oxygens (including phenoxy) is 1. The summed E-state index contributed by atoms with van der Waals surface area (Å²) in [6.45, 7) is 2.99. The number of carbonyl (C=O) groups is 1. The van der Waals surface area contributed by atoms with Crippen molar-refractivity contribution in [3.63, 3.8) is 0 Å². The van der Waals surface area contributed by atoms with Gasteiger partial charge >= 0.3 is 0 Å². The number of rotatable bonds is 7. The largest absolute Gasteiger partial charge is 0.492 e. The molecule has 0 bridgehead atoms. The first-order valence-electron chi connectivity index (χ1n) is 9.13. The van der Waals surface area contributed by atoms with Crippen molar-refractivity contribution in [2.24, 2.45) is 5.92 Å². The Morgan fingerprint density at radius 1 is 1.23 bits per heavy atom. The van der Waals surface area contributed by atoms with Crippen LogP contribution >= 0.6 is 0 Å². The van der Waals surface area contributed by atoms with Gasteiger partial charge in [-0.2, -0.15) is 0 Å². The lowest BCUT2D eigenvalue weighted by Crippen LogP contribution is -2.31. The highest BCUT2D eigenvalue weighted by molar-refractivity contribution is 7.94. The monoisotopic (exact) mass is 456 g/mol. The van der Waals surface area contributed by atoms with Gasteiger partial charge < -0.3 is 4.74 Å². The van der Waals surface area contributed by atoms with Crippen LogP contribution in [-0.2, 0) is 31.4 Å². The first kappa shape index (κ1) is 22.2. The molecule has 1 N–H and O–H groups in total. The maximum Gasteiger partial charge on any atom is 0.244 e. The molecule has 0 aliphatic carbocycles. The van der Waals surface area contributed by atoms with Gasteiger partial charge in [-0.15, -0.1) is 0 Å². The molecule has 0 radical (unpaired) electrons. The number of halogens is 1. The second-order valence-electron chi connectivity index (χ2n) is 6.76. The number of hydrogen-bond acceptors (Lipinski definition) is 6. The topological polar surface area (TPSA) is 110 Å². The van der Waals surface area contributed by atoms with E-state index in [1.165, 1.54) is 37.3 Å². The van der Waals surface area contributed by atoms with E-state index in [0.717, 1.165) is 6.07 Å². The molecule has 0 saturated carbocycles. The van der Waals surface area contributed by atoms with Crippen LogP contribution in [0.1, 0.15) is 19.4 Å². The van der Waals surface area contributed by atoms with Crippen LogP contribution in [0, 0.1) is 11.7 Å². The van der Waals surface area contributed by atoms with Crippen molar-refractivity contribution in [1.82, 2.24) is 4.72 Å². The van der Waals surface area contributed by atoms with Gasteiger partial charge in [0.15, 0.2) is 0 Å². The fourth-order valence-corrected chi connectivity index (χ4v) is 6.07. The summed E-state index contributed by atoms with van der Waals surface area (Å²) in [5.41, 5.74) is 0.0420. The van der Waals surface area contributed by atoms with Gasteiger partial charge in [-0.1, -0.05) is 25.1 Å². The summed E-state index contributed by atoms with van der Waals surface area (Å²) in [6.07, 6.45) is 0. The Bertz CT molecular complexity index is 1180. The van der Waals surface area contributed by atoms with Gasteiger partial charge in [0.05, 0.1) is 24.0 Å². The number of carbonyl (C=O) groups excluding carboxylic acids is 1. The van der Waals surface area contributed by atoms with Gasteiger partial charge in [0.25, 0.3) is 0 Å². The normalized spacial score (nSPS) is 18.6. The van der Waals surface area contributed by atoms with Crippen LogP contribution in [0.5, 0.6) is 5.75 Å². The summed E-state index contributed by atoms with van der Waals surface area (Å²) < 4.78 is 72.7. The predicted octanol–water partition coefficient (Wildman–Crippen LogP) is 2.02. The minimum absolute atomic E-state index is 0.0145. The van der Waals surface area contributed by atoms with E-state index in [0.29, 0.717) is 4.31 Å². The summed E-state index contributed by atoms with van der Waals surface area (Å²) >= 11 is 0. The SMILES string of the molecule is CCOc1ccc(N2C(=O)C(C)CS2(=O)=O)cc1S(=O)(=O)NCc1ccccc1F. The highest BCUT2D eigenvalue weighted by Crippen LogP contribution is 2.34. The molecule has 11 heteroatoms. The molecule has 2 aromatic carbocycles. The van der Waals surface area contributed by atoms with Crippen LogP contribution in [0.15, 0.2) is 47.4 Å². The zero-order valence-corrected chi connectivity index (χ0v) is 18.0. The molecule has 1 aliphatic heterocycles. The quantitative estimate of drug-likeness (QED) is 0.683. The van der Waals surface area contributed by atoms with Gasteiger partial charge in [0.2, 0.25) is 26.0 Å². The Kier molecular flexibility index (Phi) is 6.16. The maximum absolute atomic E-state index is 13.8. The van der Waals surface area contributed by atoms with Gasteiger partial charge in [-0.3, -0.25) is 4.79 Å². The third-order valence-corrected chi connectivity index (χ3v) is 7.81. The molecule has 2 aromatic rings. The van der Waals surface area contributed by atoms with Gasteiger partial charge in [0.1, 0.15) is 16.5 Å². The molecule has 0 aromatic heterocycles. The molecular weight excluding hydrogens is 435 g/mol. The van der Waals surface area contributed by atoms with Crippen molar-refractivity contribution in [1.29, 1.82) is 0 Å². The van der Waals surface area contributed by atoms with E-state index in [2.05, 4.69) is 4.72 Å². The number of benzene rings is 2. The van der Waals surface area contributed by atoms with E-state index < -0.39 is 37.7 Å². The van der Waals surface area contributed by atoms with E-state index >= 15 is 0 Å². The van der Waals surface area contributed by atoms with Crippen molar-refractivity contribution in [3.8, 4) is 5.75 Å². The Morgan fingerprint density at radius 2 is 1.93 bits per heavy atom. The van der Waals surface area contributed by atoms with Crippen LogP contribution in [0.2, 0.25) is 0 Å². The maximum atomic E-state index is 13.8. The summed E-state index contributed by atoms with van der Waals surface area (Å²) in [6, 6.07) is 9.39. The minimum atomic E-state index is -4.22. The van der Waals surface area contributed by atoms with Gasteiger partial charge in [-0.25, -0.2) is 30.3 Å². The van der Waals surface area contributed by atoms with Crippen molar-refractivity contribution in [3.05, 3.63) is 53.8 Å². The van der Waals surface area contributed by atoms with Crippen LogP contribution in [0.25, 0.3) is 0 Å². The minimum Gasteiger partial charge on any atom is -0.492 e. The molecular formula is C19H21FN2O6S2. The van der Waals surface area contributed by atoms with E-state index in [-0.39, 0.29) is 40.8 Å². The average Bonchev–Trinajstić information content (AvgIpc) is 2.88. The second-order valence-corrected chi connectivity index (χ2v) is 10.4. The fraction of sp³-hybridized carbons (Fsp3) is 0.316. The lowest BCUT2D eigenvalue weighted by molar-refractivity contribution is -0.119. The summed E-state index contributed by atoms with van der Waals surface area (Å²) in [7, 11) is -8.13. The average molecular weight is 457 g/mol. The van der Waals surface area contributed by atoms with Crippen molar-refractivity contribution in [2.75, 3.05) is 16.7 Å². The smallest absolute Gasteiger partial charge is 0.244 e. The zero-order chi connectivity index (χ0) is 22.1. The predicted molar refractivity (Wildman–Crippen MR) is 108 cm³/mol. The zero-order valence-electron chi connectivity index (χ0n) is 16.3. The van der Waals surface area contributed by atoms with Crippen LogP contribution < -0.4 is 13.8 Å². The number of sulfonamides is 2. The summed E-state index contributed by atoms with van der Waals surface area (Å²) in [4.78, 5) is 12.0. The fourth-order valence-electron chi connectivity index (χ4n) is 3.09. The molecule has 3 rings (SSSR count). The Labute approximate surface area is 174 Å².